The van der Waals surface area contributed by atoms with Crippen molar-refractivity contribution in [2.45, 2.75) is 19.6 Å². The Balaban J connectivity index is 1.85. The van der Waals surface area contributed by atoms with Crippen molar-refractivity contribution in [2.75, 3.05) is 33.4 Å². The van der Waals surface area contributed by atoms with E-state index >= 15 is 0 Å². The molecule has 1 fully saturated rings. The smallest absolute Gasteiger partial charge is 0.260 e. The number of benzene rings is 1. The minimum atomic E-state index is 0.0131. The van der Waals surface area contributed by atoms with Crippen LogP contribution in [0.3, 0.4) is 0 Å². The molecule has 2 rings (SSSR count). The molecule has 1 atom stereocenters. The van der Waals surface area contributed by atoms with Gasteiger partial charge in [0.25, 0.3) is 5.91 Å². The van der Waals surface area contributed by atoms with Crippen LogP contribution in [0.5, 0.6) is 5.75 Å². The maximum Gasteiger partial charge on any atom is 0.260 e. The van der Waals surface area contributed by atoms with Crippen LogP contribution in [-0.2, 0) is 16.1 Å². The van der Waals surface area contributed by atoms with E-state index in [0.717, 1.165) is 17.9 Å². The fourth-order valence-electron chi connectivity index (χ4n) is 2.23. The molecule has 5 heteroatoms. The van der Waals surface area contributed by atoms with Crippen molar-refractivity contribution in [3.05, 3.63) is 29.8 Å². The largest absolute Gasteiger partial charge is 0.484 e. The Hall–Kier alpha value is -1.59. The van der Waals surface area contributed by atoms with Gasteiger partial charge in [0.2, 0.25) is 0 Å². The molecule has 1 saturated heterocycles. The lowest BCUT2D eigenvalue weighted by Gasteiger charge is -2.31. The van der Waals surface area contributed by atoms with E-state index in [2.05, 4.69) is 5.32 Å². The van der Waals surface area contributed by atoms with Crippen molar-refractivity contribution in [3.8, 4) is 5.75 Å². The topological polar surface area (TPSA) is 50.8 Å². The molecule has 1 aromatic rings. The summed E-state index contributed by atoms with van der Waals surface area (Å²) in [5.41, 5.74) is 1.14. The number of nitrogens with one attached hydrogen (secondary N) is 1. The van der Waals surface area contributed by atoms with Crippen molar-refractivity contribution < 1.29 is 14.3 Å². The number of ether oxygens (including phenoxy) is 2. The first-order chi connectivity index (χ1) is 9.69. The minimum Gasteiger partial charge on any atom is -0.484 e. The Morgan fingerprint density at radius 3 is 3.15 bits per heavy atom. The van der Waals surface area contributed by atoms with Gasteiger partial charge in [-0.15, -0.1) is 0 Å². The Morgan fingerprint density at radius 1 is 1.55 bits per heavy atom. The van der Waals surface area contributed by atoms with E-state index < -0.39 is 0 Å². The summed E-state index contributed by atoms with van der Waals surface area (Å²) in [7, 11) is 1.90. The van der Waals surface area contributed by atoms with E-state index in [9.17, 15) is 4.79 Å². The van der Waals surface area contributed by atoms with Crippen molar-refractivity contribution in [3.63, 3.8) is 0 Å². The van der Waals surface area contributed by atoms with E-state index in [4.69, 9.17) is 9.47 Å². The lowest BCUT2D eigenvalue weighted by Crippen LogP contribution is -2.46. The normalized spacial score (nSPS) is 18.9. The Bertz CT molecular complexity index is 450. The van der Waals surface area contributed by atoms with Gasteiger partial charge in [-0.2, -0.15) is 0 Å². The third-order valence-corrected chi connectivity index (χ3v) is 3.24. The molecule has 1 aliphatic rings. The van der Waals surface area contributed by atoms with Gasteiger partial charge in [0.1, 0.15) is 5.75 Å². The first-order valence-electron chi connectivity index (χ1n) is 6.94. The van der Waals surface area contributed by atoms with Gasteiger partial charge in [-0.1, -0.05) is 12.1 Å². The van der Waals surface area contributed by atoms with Crippen molar-refractivity contribution in [1.29, 1.82) is 0 Å². The van der Waals surface area contributed by atoms with Crippen LogP contribution in [0.15, 0.2) is 24.3 Å². The van der Waals surface area contributed by atoms with Crippen LogP contribution < -0.4 is 10.1 Å². The summed E-state index contributed by atoms with van der Waals surface area (Å²) in [5, 5.41) is 3.09. The summed E-state index contributed by atoms with van der Waals surface area (Å²) in [6.07, 6.45) is 0.103. The van der Waals surface area contributed by atoms with E-state index in [1.807, 2.05) is 38.2 Å². The average Bonchev–Trinajstić information content (AvgIpc) is 2.45. The summed E-state index contributed by atoms with van der Waals surface area (Å²) >= 11 is 0. The van der Waals surface area contributed by atoms with Gasteiger partial charge < -0.3 is 19.7 Å². The highest BCUT2D eigenvalue weighted by molar-refractivity contribution is 5.77. The van der Waals surface area contributed by atoms with Gasteiger partial charge in [-0.05, 0) is 31.7 Å². The molecule has 0 aromatic heterocycles. The molecular formula is C15H22N2O3. The number of carbonyl (C=O) groups excluding carboxylic acids is 1. The molecule has 1 heterocycles. The Morgan fingerprint density at radius 2 is 2.40 bits per heavy atom. The molecule has 1 amide bonds. The fraction of sp³-hybridized carbons (Fsp3) is 0.533. The first kappa shape index (κ1) is 14.8. The highest BCUT2D eigenvalue weighted by Crippen LogP contribution is 2.13. The molecule has 5 nitrogen and oxygen atoms in total. The molecule has 0 bridgehead atoms. The highest BCUT2D eigenvalue weighted by Gasteiger charge is 2.21. The first-order valence-corrected chi connectivity index (χ1v) is 6.94. The fourth-order valence-corrected chi connectivity index (χ4v) is 2.23. The van der Waals surface area contributed by atoms with Crippen molar-refractivity contribution in [2.24, 2.45) is 0 Å². The van der Waals surface area contributed by atoms with Crippen molar-refractivity contribution in [1.82, 2.24) is 10.2 Å². The molecule has 110 valence electrons. The number of nitrogens with zero attached hydrogens (tertiary/aromatic N) is 1. The van der Waals surface area contributed by atoms with Crippen LogP contribution >= 0.6 is 0 Å². The van der Waals surface area contributed by atoms with Crippen LogP contribution in [0, 0.1) is 0 Å². The van der Waals surface area contributed by atoms with Gasteiger partial charge in [0.05, 0.1) is 12.7 Å². The molecule has 0 saturated carbocycles. The molecule has 0 aliphatic carbocycles. The number of morpholine rings is 1. The highest BCUT2D eigenvalue weighted by atomic mass is 16.5. The molecule has 0 radical (unpaired) electrons. The lowest BCUT2D eigenvalue weighted by molar-refractivity contribution is -0.140. The molecular weight excluding hydrogens is 256 g/mol. The Kier molecular flexibility index (Phi) is 5.38. The van der Waals surface area contributed by atoms with Gasteiger partial charge >= 0.3 is 0 Å². The minimum absolute atomic E-state index is 0.0131. The van der Waals surface area contributed by atoms with Crippen LogP contribution in [0.25, 0.3) is 0 Å². The third kappa shape index (κ3) is 4.21. The quantitative estimate of drug-likeness (QED) is 0.874. The van der Waals surface area contributed by atoms with Crippen LogP contribution in [0.4, 0.5) is 0 Å². The van der Waals surface area contributed by atoms with Gasteiger partial charge in [-0.3, -0.25) is 4.79 Å². The average molecular weight is 278 g/mol. The summed E-state index contributed by atoms with van der Waals surface area (Å²) in [4.78, 5) is 13.9. The summed E-state index contributed by atoms with van der Waals surface area (Å²) < 4.78 is 11.0. The Labute approximate surface area is 119 Å². The maximum atomic E-state index is 12.1. The summed E-state index contributed by atoms with van der Waals surface area (Å²) in [5.74, 6) is 0.742. The van der Waals surface area contributed by atoms with E-state index in [0.29, 0.717) is 19.7 Å². The summed E-state index contributed by atoms with van der Waals surface area (Å²) in [6, 6.07) is 7.78. The molecule has 1 aromatic carbocycles. The van der Waals surface area contributed by atoms with Gasteiger partial charge in [0, 0.05) is 19.6 Å². The summed E-state index contributed by atoms with van der Waals surface area (Å²) in [6.45, 7) is 4.72. The second-order valence-corrected chi connectivity index (χ2v) is 4.99. The van der Waals surface area contributed by atoms with E-state index in [-0.39, 0.29) is 18.6 Å². The number of hydrogen-bond acceptors (Lipinski definition) is 4. The molecule has 1 N–H and O–H groups in total. The zero-order valence-electron chi connectivity index (χ0n) is 12.1. The number of carbonyl (C=O) groups is 1. The molecule has 20 heavy (non-hydrogen) atoms. The second-order valence-electron chi connectivity index (χ2n) is 4.99. The zero-order valence-corrected chi connectivity index (χ0v) is 12.1. The van der Waals surface area contributed by atoms with Crippen LogP contribution in [-0.4, -0.2) is 50.3 Å². The second kappa shape index (κ2) is 7.26. The number of hydrogen-bond donors (Lipinski definition) is 1. The molecule has 1 unspecified atom stereocenters. The number of amides is 1. The predicted molar refractivity (Wildman–Crippen MR) is 76.7 cm³/mol. The van der Waals surface area contributed by atoms with Crippen LogP contribution in [0.1, 0.15) is 12.5 Å². The third-order valence-electron chi connectivity index (χ3n) is 3.24. The van der Waals surface area contributed by atoms with E-state index in [1.54, 1.807) is 4.90 Å². The van der Waals surface area contributed by atoms with Gasteiger partial charge in [-0.25, -0.2) is 0 Å². The zero-order chi connectivity index (χ0) is 14.4. The van der Waals surface area contributed by atoms with Crippen molar-refractivity contribution >= 4 is 5.91 Å². The SMILES string of the molecule is CNCc1cccc(OCC(=O)N2CCOC(C)C2)c1. The monoisotopic (exact) mass is 278 g/mol. The van der Waals surface area contributed by atoms with Crippen LogP contribution in [0.2, 0.25) is 0 Å². The molecule has 0 spiro atoms. The predicted octanol–water partition coefficient (Wildman–Crippen LogP) is 1.03. The number of rotatable bonds is 5. The van der Waals surface area contributed by atoms with Gasteiger partial charge in [0.15, 0.2) is 6.61 Å². The standard InChI is InChI=1S/C15H22N2O3/c1-12-10-17(6-7-19-12)15(18)11-20-14-5-3-4-13(8-14)9-16-2/h3-5,8,12,16H,6-7,9-11H2,1-2H3. The maximum absolute atomic E-state index is 12.1. The lowest BCUT2D eigenvalue weighted by atomic mass is 10.2. The molecule has 1 aliphatic heterocycles. The van der Waals surface area contributed by atoms with E-state index in [1.165, 1.54) is 0 Å².